The Morgan fingerprint density at radius 1 is 0.889 bits per heavy atom. The highest BCUT2D eigenvalue weighted by Gasteiger charge is 2.19. The largest absolute Gasteiger partial charge is 0.462 e. The number of allylic oxidation sites excluding steroid dienone is 2. The number of anilines is 1. The zero-order valence-corrected chi connectivity index (χ0v) is 26.9. The van der Waals surface area contributed by atoms with Crippen LogP contribution in [0.4, 0.5) is 11.4 Å². The first-order valence-electron chi connectivity index (χ1n) is 16.7. The molecule has 45 heavy (non-hydrogen) atoms. The number of carbonyl (C=O) groups is 2. The molecule has 0 spiro atoms. The number of hydrogen-bond acceptors (Lipinski definition) is 11. The molecule has 0 saturated heterocycles. The van der Waals surface area contributed by atoms with Crippen LogP contribution in [0.3, 0.4) is 0 Å². The van der Waals surface area contributed by atoms with Crippen LogP contribution in [0.25, 0.3) is 11.0 Å². The van der Waals surface area contributed by atoms with Crippen molar-refractivity contribution >= 4 is 34.3 Å². The molecule has 2 rings (SSSR count). The molecule has 1 atom stereocenters. The van der Waals surface area contributed by atoms with E-state index in [-0.39, 0.29) is 35.7 Å². The summed E-state index contributed by atoms with van der Waals surface area (Å²) >= 11 is 0. The van der Waals surface area contributed by atoms with Crippen LogP contribution in [0, 0.1) is 10.1 Å². The maximum atomic E-state index is 12.2. The van der Waals surface area contributed by atoms with Gasteiger partial charge < -0.3 is 19.9 Å². The molecule has 2 aromatic rings. The smallest absolute Gasteiger partial charge is 0.306 e. The Bertz CT molecular complexity index is 1150. The van der Waals surface area contributed by atoms with Crippen LogP contribution < -0.4 is 5.32 Å². The summed E-state index contributed by atoms with van der Waals surface area (Å²) in [5.41, 5.74) is 0.773. The lowest BCUT2D eigenvalue weighted by atomic mass is 10.1. The summed E-state index contributed by atoms with van der Waals surface area (Å²) in [6.07, 6.45) is 21.7. The second kappa shape index (κ2) is 23.8. The number of aliphatic hydroxyl groups excluding tert-OH is 1. The number of nitrogens with one attached hydrogen (secondary N) is 1. The van der Waals surface area contributed by atoms with Crippen molar-refractivity contribution in [2.75, 3.05) is 25.1 Å². The minimum Gasteiger partial charge on any atom is -0.462 e. The number of fused-ring (bicyclic) bond motifs is 1. The molecule has 12 nitrogen and oxygen atoms in total. The Balaban J connectivity index is 1.44. The van der Waals surface area contributed by atoms with Crippen LogP contribution in [0.5, 0.6) is 0 Å². The van der Waals surface area contributed by atoms with Crippen LogP contribution >= 0.6 is 0 Å². The third-order valence-electron chi connectivity index (χ3n) is 7.54. The van der Waals surface area contributed by atoms with E-state index >= 15 is 0 Å². The van der Waals surface area contributed by atoms with Gasteiger partial charge in [-0.2, -0.15) is 0 Å². The van der Waals surface area contributed by atoms with Crippen LogP contribution in [0.1, 0.15) is 122 Å². The summed E-state index contributed by atoms with van der Waals surface area (Å²) < 4.78 is 15.1. The van der Waals surface area contributed by atoms with Crippen molar-refractivity contribution in [2.45, 2.75) is 129 Å². The summed E-state index contributed by atoms with van der Waals surface area (Å²) in [7, 11) is 0. The Labute approximate surface area is 266 Å². The first kappa shape index (κ1) is 37.6. The molecule has 252 valence electrons. The maximum absolute atomic E-state index is 12.2. The molecule has 1 aromatic heterocycles. The van der Waals surface area contributed by atoms with Gasteiger partial charge >= 0.3 is 17.6 Å². The lowest BCUT2D eigenvalue weighted by Crippen LogP contribution is -2.28. The number of hydrogen-bond donors (Lipinski definition) is 2. The number of carbonyl (C=O) groups excluding carboxylic acids is 2. The first-order valence-corrected chi connectivity index (χ1v) is 16.7. The van der Waals surface area contributed by atoms with Crippen molar-refractivity contribution in [1.82, 2.24) is 10.3 Å². The molecule has 0 saturated carbocycles. The van der Waals surface area contributed by atoms with E-state index in [2.05, 4.69) is 39.3 Å². The van der Waals surface area contributed by atoms with Crippen molar-refractivity contribution in [3.63, 3.8) is 0 Å². The van der Waals surface area contributed by atoms with Gasteiger partial charge in [0.05, 0.1) is 17.2 Å². The average molecular weight is 633 g/mol. The van der Waals surface area contributed by atoms with Crippen molar-refractivity contribution in [1.29, 1.82) is 0 Å². The van der Waals surface area contributed by atoms with Crippen molar-refractivity contribution in [3.05, 3.63) is 34.4 Å². The summed E-state index contributed by atoms with van der Waals surface area (Å²) in [5, 5.41) is 31.1. The lowest BCUT2D eigenvalue weighted by Gasteiger charge is -2.15. The first-order chi connectivity index (χ1) is 22.0. The third-order valence-corrected chi connectivity index (χ3v) is 7.54. The topological polar surface area (TPSA) is 167 Å². The SMILES string of the molecule is CCCCCCCCC=CCCCCCCCC(=O)OC[C@H](CO)OC(=O)CCCCCNc1ccc([N+](=O)[O-])c2nonc12. The Morgan fingerprint density at radius 2 is 1.49 bits per heavy atom. The van der Waals surface area contributed by atoms with E-state index < -0.39 is 23.6 Å². The highest BCUT2D eigenvalue weighted by atomic mass is 16.6. The molecule has 1 heterocycles. The summed E-state index contributed by atoms with van der Waals surface area (Å²) in [6.45, 7) is 2.22. The molecular weight excluding hydrogens is 580 g/mol. The number of unbranched alkanes of at least 4 members (excludes halogenated alkanes) is 13. The second-order valence-electron chi connectivity index (χ2n) is 11.4. The standard InChI is InChI=1S/C33H52N4O8/c1-2-3-4-5-6-7-8-9-10-11-12-13-14-15-17-20-30(39)43-26-27(25-38)44-31(40)21-18-16-19-24-34-28-22-23-29(37(41)42)33-32(28)35-45-36-33/h9-10,22-23,27,34,38H,2-8,11-21,24-26H2,1H3/t27-/m0/s1. The third kappa shape index (κ3) is 16.4. The average Bonchev–Trinajstić information content (AvgIpc) is 3.53. The molecule has 12 heteroatoms. The van der Waals surface area contributed by atoms with Crippen LogP contribution in [-0.2, 0) is 19.1 Å². The van der Waals surface area contributed by atoms with E-state index in [0.717, 1.165) is 44.9 Å². The number of benzene rings is 1. The van der Waals surface area contributed by atoms with Gasteiger partial charge in [0.15, 0.2) is 11.6 Å². The Kier molecular flexibility index (Phi) is 19.9. The van der Waals surface area contributed by atoms with Crippen LogP contribution in [0.15, 0.2) is 28.9 Å². The number of nitro benzene ring substituents is 1. The zero-order chi connectivity index (χ0) is 32.5. The molecule has 2 N–H and O–H groups in total. The molecule has 0 bridgehead atoms. The van der Waals surface area contributed by atoms with E-state index in [1.807, 2.05) is 0 Å². The number of rotatable bonds is 27. The number of esters is 2. The quantitative estimate of drug-likeness (QED) is 0.0327. The fraction of sp³-hybridized carbons (Fsp3) is 0.697. The fourth-order valence-electron chi connectivity index (χ4n) is 4.90. The van der Waals surface area contributed by atoms with Crippen molar-refractivity contribution < 1.29 is 33.7 Å². The van der Waals surface area contributed by atoms with Gasteiger partial charge in [0.1, 0.15) is 6.61 Å². The van der Waals surface area contributed by atoms with E-state index in [0.29, 0.717) is 25.1 Å². The monoisotopic (exact) mass is 632 g/mol. The number of nitro groups is 1. The van der Waals surface area contributed by atoms with Crippen LogP contribution in [-0.4, -0.2) is 58.1 Å². The predicted molar refractivity (Wildman–Crippen MR) is 173 cm³/mol. The van der Waals surface area contributed by atoms with Gasteiger partial charge in [-0.05, 0) is 61.3 Å². The van der Waals surface area contributed by atoms with Crippen molar-refractivity contribution in [3.8, 4) is 0 Å². The van der Waals surface area contributed by atoms with Gasteiger partial charge in [0, 0.05) is 25.5 Å². The molecule has 1 aromatic carbocycles. The summed E-state index contributed by atoms with van der Waals surface area (Å²) in [5.74, 6) is -0.803. The molecule has 0 aliphatic heterocycles. The Hall–Kier alpha value is -3.54. The van der Waals surface area contributed by atoms with Gasteiger partial charge in [-0.3, -0.25) is 19.7 Å². The van der Waals surface area contributed by atoms with Gasteiger partial charge in [-0.25, -0.2) is 4.63 Å². The number of aromatic nitrogens is 2. The van der Waals surface area contributed by atoms with Gasteiger partial charge in [-0.1, -0.05) is 76.9 Å². The predicted octanol–water partition coefficient (Wildman–Crippen LogP) is 7.59. The highest BCUT2D eigenvalue weighted by Crippen LogP contribution is 2.28. The van der Waals surface area contributed by atoms with Crippen LogP contribution in [0.2, 0.25) is 0 Å². The maximum Gasteiger partial charge on any atom is 0.306 e. The van der Waals surface area contributed by atoms with Gasteiger partial charge in [0.25, 0.3) is 0 Å². The summed E-state index contributed by atoms with van der Waals surface area (Å²) in [4.78, 5) is 34.8. The molecule has 0 aliphatic rings. The van der Waals surface area contributed by atoms with Gasteiger partial charge in [0.2, 0.25) is 5.52 Å². The van der Waals surface area contributed by atoms with E-state index in [1.54, 1.807) is 6.07 Å². The number of non-ortho nitro benzene ring substituents is 1. The molecule has 0 radical (unpaired) electrons. The molecule has 0 unspecified atom stereocenters. The normalized spacial score (nSPS) is 12.0. The van der Waals surface area contributed by atoms with E-state index in [4.69, 9.17) is 9.47 Å². The minimum absolute atomic E-state index is 0.0833. The lowest BCUT2D eigenvalue weighted by molar-refractivity contribution is -0.383. The second-order valence-corrected chi connectivity index (χ2v) is 11.4. The molecule has 0 aliphatic carbocycles. The van der Waals surface area contributed by atoms with E-state index in [9.17, 15) is 24.8 Å². The number of ether oxygens (including phenoxy) is 2. The number of aliphatic hydroxyl groups is 1. The summed E-state index contributed by atoms with van der Waals surface area (Å²) in [6, 6.07) is 2.90. The fourth-order valence-corrected chi connectivity index (χ4v) is 4.90. The van der Waals surface area contributed by atoms with Gasteiger partial charge in [-0.15, -0.1) is 0 Å². The Morgan fingerprint density at radius 3 is 2.16 bits per heavy atom. The molecule has 0 fully saturated rings. The van der Waals surface area contributed by atoms with E-state index in [1.165, 1.54) is 57.4 Å². The van der Waals surface area contributed by atoms with Crippen molar-refractivity contribution in [2.24, 2.45) is 0 Å². The minimum atomic E-state index is -0.877. The molecule has 0 amide bonds. The highest BCUT2D eigenvalue weighted by molar-refractivity contribution is 5.93. The molecular formula is C33H52N4O8. The zero-order valence-electron chi connectivity index (χ0n) is 26.9. The number of nitrogens with zero attached hydrogens (tertiary/aromatic N) is 3.